The molecule has 4 rings (SSSR count). The Kier molecular flexibility index (Phi) is 5.68. The largest absolute Gasteiger partial charge is 0.332 e. The lowest BCUT2D eigenvalue weighted by Crippen LogP contribution is -2.42. The van der Waals surface area contributed by atoms with Crippen molar-refractivity contribution in [2.75, 3.05) is 5.32 Å². The van der Waals surface area contributed by atoms with Crippen molar-refractivity contribution in [2.45, 2.75) is 20.0 Å². The SMILES string of the molecule is Cc1ccc(NC(=O)Cn2c(=O)n(Cc3ccc(Cl)cc3)c(=O)c3ncccc32)cc1. The number of carbonyl (C=O) groups is 1. The number of nitrogens with one attached hydrogen (secondary N) is 1. The highest BCUT2D eigenvalue weighted by molar-refractivity contribution is 6.30. The summed E-state index contributed by atoms with van der Waals surface area (Å²) in [5.41, 5.74) is 1.77. The van der Waals surface area contributed by atoms with E-state index in [1.54, 1.807) is 48.5 Å². The molecule has 0 radical (unpaired) electrons. The van der Waals surface area contributed by atoms with Gasteiger partial charge in [-0.15, -0.1) is 0 Å². The van der Waals surface area contributed by atoms with E-state index in [-0.39, 0.29) is 24.5 Å². The van der Waals surface area contributed by atoms with E-state index in [1.807, 2.05) is 19.1 Å². The van der Waals surface area contributed by atoms with Gasteiger partial charge in [0.15, 0.2) is 5.52 Å². The Labute approximate surface area is 182 Å². The summed E-state index contributed by atoms with van der Waals surface area (Å²) in [6, 6.07) is 17.4. The van der Waals surface area contributed by atoms with Crippen LogP contribution in [-0.2, 0) is 17.9 Å². The third-order valence-electron chi connectivity index (χ3n) is 4.88. The molecular formula is C23H19ClN4O3. The van der Waals surface area contributed by atoms with Gasteiger partial charge in [-0.2, -0.15) is 0 Å². The van der Waals surface area contributed by atoms with Gasteiger partial charge < -0.3 is 5.32 Å². The van der Waals surface area contributed by atoms with Gasteiger partial charge in [-0.3, -0.25) is 18.7 Å². The van der Waals surface area contributed by atoms with Crippen LogP contribution in [0.4, 0.5) is 5.69 Å². The summed E-state index contributed by atoms with van der Waals surface area (Å²) in [5.74, 6) is -0.382. The van der Waals surface area contributed by atoms with Gasteiger partial charge in [-0.25, -0.2) is 9.78 Å². The van der Waals surface area contributed by atoms with Gasteiger partial charge >= 0.3 is 5.69 Å². The molecule has 0 atom stereocenters. The van der Waals surface area contributed by atoms with Crippen molar-refractivity contribution in [3.05, 3.63) is 104 Å². The average Bonchev–Trinajstić information content (AvgIpc) is 2.77. The fourth-order valence-corrected chi connectivity index (χ4v) is 3.41. The zero-order valence-electron chi connectivity index (χ0n) is 16.7. The number of carbonyl (C=O) groups excluding carboxylic acids is 1. The van der Waals surface area contributed by atoms with Crippen LogP contribution in [0, 0.1) is 6.92 Å². The van der Waals surface area contributed by atoms with Crippen LogP contribution in [0.5, 0.6) is 0 Å². The van der Waals surface area contributed by atoms with Gasteiger partial charge in [0.25, 0.3) is 5.56 Å². The van der Waals surface area contributed by atoms with Crippen molar-refractivity contribution in [1.82, 2.24) is 14.1 Å². The maximum Gasteiger partial charge on any atom is 0.332 e. The van der Waals surface area contributed by atoms with Crippen molar-refractivity contribution in [3.8, 4) is 0 Å². The van der Waals surface area contributed by atoms with Crippen molar-refractivity contribution in [1.29, 1.82) is 0 Å². The summed E-state index contributed by atoms with van der Waals surface area (Å²) in [7, 11) is 0. The lowest BCUT2D eigenvalue weighted by Gasteiger charge is -2.14. The molecule has 4 aromatic rings. The molecule has 0 aliphatic rings. The zero-order valence-corrected chi connectivity index (χ0v) is 17.5. The molecule has 156 valence electrons. The van der Waals surface area contributed by atoms with E-state index in [1.165, 1.54) is 10.8 Å². The monoisotopic (exact) mass is 434 g/mol. The smallest absolute Gasteiger partial charge is 0.325 e. The van der Waals surface area contributed by atoms with E-state index in [2.05, 4.69) is 10.3 Å². The lowest BCUT2D eigenvalue weighted by atomic mass is 10.2. The van der Waals surface area contributed by atoms with Crippen LogP contribution in [0.1, 0.15) is 11.1 Å². The summed E-state index contributed by atoms with van der Waals surface area (Å²) in [5, 5.41) is 3.34. The second-order valence-electron chi connectivity index (χ2n) is 7.17. The van der Waals surface area contributed by atoms with Crippen LogP contribution < -0.4 is 16.6 Å². The van der Waals surface area contributed by atoms with E-state index in [4.69, 9.17) is 11.6 Å². The molecule has 0 aliphatic carbocycles. The third-order valence-corrected chi connectivity index (χ3v) is 5.13. The van der Waals surface area contributed by atoms with Crippen LogP contribution in [0.15, 0.2) is 76.4 Å². The molecule has 2 aromatic heterocycles. The molecule has 0 fully saturated rings. The molecule has 0 bridgehead atoms. The zero-order chi connectivity index (χ0) is 22.0. The molecule has 2 heterocycles. The van der Waals surface area contributed by atoms with Gasteiger partial charge in [0.05, 0.1) is 12.1 Å². The molecule has 0 aliphatic heterocycles. The van der Waals surface area contributed by atoms with E-state index < -0.39 is 11.2 Å². The molecule has 7 nitrogen and oxygen atoms in total. The molecule has 0 saturated heterocycles. The van der Waals surface area contributed by atoms with Crippen molar-refractivity contribution in [3.63, 3.8) is 0 Å². The Bertz CT molecular complexity index is 1370. The van der Waals surface area contributed by atoms with Crippen LogP contribution in [0.3, 0.4) is 0 Å². The molecule has 31 heavy (non-hydrogen) atoms. The second kappa shape index (κ2) is 8.57. The Balaban J connectivity index is 1.74. The number of fused-ring (bicyclic) bond motifs is 1. The fourth-order valence-electron chi connectivity index (χ4n) is 3.29. The first kappa shape index (κ1) is 20.6. The number of halogens is 1. The summed E-state index contributed by atoms with van der Waals surface area (Å²) >= 11 is 5.92. The molecule has 2 aromatic carbocycles. The number of hydrogen-bond acceptors (Lipinski definition) is 4. The van der Waals surface area contributed by atoms with E-state index in [0.29, 0.717) is 16.2 Å². The minimum atomic E-state index is -0.584. The Morgan fingerprint density at radius 2 is 1.71 bits per heavy atom. The molecular weight excluding hydrogens is 416 g/mol. The minimum absolute atomic E-state index is 0.0426. The number of aromatic nitrogens is 3. The Morgan fingerprint density at radius 1 is 1.00 bits per heavy atom. The quantitative estimate of drug-likeness (QED) is 0.522. The number of hydrogen-bond donors (Lipinski definition) is 1. The van der Waals surface area contributed by atoms with Crippen molar-refractivity contribution < 1.29 is 4.79 Å². The predicted octanol–water partition coefficient (Wildman–Crippen LogP) is 3.21. The van der Waals surface area contributed by atoms with Gasteiger partial charge in [0.2, 0.25) is 5.91 Å². The third kappa shape index (κ3) is 4.41. The standard InChI is InChI=1S/C23H19ClN4O3/c1-15-4-10-18(11-5-15)26-20(29)14-27-19-3-2-12-25-21(19)22(30)28(23(27)31)13-16-6-8-17(24)9-7-16/h2-12H,13-14H2,1H3,(H,26,29). The van der Waals surface area contributed by atoms with Gasteiger partial charge in [0.1, 0.15) is 6.54 Å². The van der Waals surface area contributed by atoms with Crippen LogP contribution in [0.25, 0.3) is 11.0 Å². The first-order chi connectivity index (χ1) is 14.9. The molecule has 1 N–H and O–H groups in total. The number of benzene rings is 2. The summed E-state index contributed by atoms with van der Waals surface area (Å²) < 4.78 is 2.35. The maximum absolute atomic E-state index is 13.2. The first-order valence-electron chi connectivity index (χ1n) is 9.62. The summed E-state index contributed by atoms with van der Waals surface area (Å²) in [4.78, 5) is 43.0. The number of amides is 1. The highest BCUT2D eigenvalue weighted by atomic mass is 35.5. The normalized spacial score (nSPS) is 10.9. The maximum atomic E-state index is 13.2. The molecule has 0 spiro atoms. The molecule has 8 heteroatoms. The van der Waals surface area contributed by atoms with Gasteiger partial charge in [-0.05, 0) is 48.9 Å². The summed E-state index contributed by atoms with van der Waals surface area (Å²) in [6.45, 7) is 1.74. The highest BCUT2D eigenvalue weighted by Crippen LogP contribution is 2.12. The number of aryl methyl sites for hydroxylation is 1. The van der Waals surface area contributed by atoms with Crippen LogP contribution in [-0.4, -0.2) is 20.0 Å². The van der Waals surface area contributed by atoms with Crippen LogP contribution >= 0.6 is 11.6 Å². The topological polar surface area (TPSA) is 86.0 Å². The molecule has 0 saturated carbocycles. The minimum Gasteiger partial charge on any atom is -0.325 e. The fraction of sp³-hybridized carbons (Fsp3) is 0.130. The molecule has 0 unspecified atom stereocenters. The predicted molar refractivity (Wildman–Crippen MR) is 121 cm³/mol. The number of nitrogens with zero attached hydrogens (tertiary/aromatic N) is 3. The number of pyridine rings is 1. The Morgan fingerprint density at radius 3 is 2.42 bits per heavy atom. The van der Waals surface area contributed by atoms with E-state index >= 15 is 0 Å². The van der Waals surface area contributed by atoms with Crippen molar-refractivity contribution in [2.24, 2.45) is 0 Å². The number of anilines is 1. The van der Waals surface area contributed by atoms with Gasteiger partial charge in [0, 0.05) is 16.9 Å². The molecule has 1 amide bonds. The van der Waals surface area contributed by atoms with Crippen molar-refractivity contribution >= 4 is 34.2 Å². The Hall–Kier alpha value is -3.71. The van der Waals surface area contributed by atoms with Crippen LogP contribution in [0.2, 0.25) is 5.02 Å². The average molecular weight is 435 g/mol. The van der Waals surface area contributed by atoms with E-state index in [0.717, 1.165) is 15.7 Å². The van der Waals surface area contributed by atoms with E-state index in [9.17, 15) is 14.4 Å². The highest BCUT2D eigenvalue weighted by Gasteiger charge is 2.16. The van der Waals surface area contributed by atoms with Gasteiger partial charge in [-0.1, -0.05) is 41.4 Å². The lowest BCUT2D eigenvalue weighted by molar-refractivity contribution is -0.116. The second-order valence-corrected chi connectivity index (χ2v) is 7.61. The first-order valence-corrected chi connectivity index (χ1v) is 9.99. The number of rotatable bonds is 5. The summed E-state index contributed by atoms with van der Waals surface area (Å²) in [6.07, 6.45) is 1.48.